The molecule has 0 radical (unpaired) electrons. The molecule has 0 spiro atoms. The van der Waals surface area contributed by atoms with E-state index in [4.69, 9.17) is 10.5 Å². The monoisotopic (exact) mass is 153 g/mol. The number of ether oxygens (including phenoxy) is 1. The van der Waals surface area contributed by atoms with Gasteiger partial charge in [-0.1, -0.05) is 0 Å². The normalized spacial score (nSPS) is 31.0. The summed E-state index contributed by atoms with van der Waals surface area (Å²) < 4.78 is 5.20. The lowest BCUT2D eigenvalue weighted by molar-refractivity contribution is 0.176. The second-order valence-corrected chi connectivity index (χ2v) is 2.90. The molecule has 1 saturated heterocycles. The molecule has 3 N–H and O–H groups in total. The molecule has 1 aliphatic rings. The number of hydrogen-bond acceptors (Lipinski definition) is 3. The summed E-state index contributed by atoms with van der Waals surface area (Å²) in [6, 6.07) is 0. The molecule has 11 heavy (non-hydrogen) atoms. The Balaban J connectivity index is 2.27. The quantitative estimate of drug-likeness (QED) is 0.596. The van der Waals surface area contributed by atoms with Gasteiger partial charge in [-0.25, -0.2) is 4.98 Å². The van der Waals surface area contributed by atoms with E-state index in [0.29, 0.717) is 6.61 Å². The number of nitrogens with two attached hydrogens (primary N) is 1. The molecular formula is C7H11N3O. The zero-order valence-corrected chi connectivity index (χ0v) is 6.21. The van der Waals surface area contributed by atoms with E-state index in [2.05, 4.69) is 9.97 Å². The predicted molar refractivity (Wildman–Crippen MR) is 39.9 cm³/mol. The van der Waals surface area contributed by atoms with Gasteiger partial charge in [0.1, 0.15) is 11.4 Å². The Hall–Kier alpha value is -0.870. The lowest BCUT2D eigenvalue weighted by atomic mass is 10.00. The molecule has 1 aliphatic heterocycles. The van der Waals surface area contributed by atoms with E-state index < -0.39 is 0 Å². The number of aromatic nitrogens is 2. The fourth-order valence-corrected chi connectivity index (χ4v) is 1.31. The summed E-state index contributed by atoms with van der Waals surface area (Å²) in [6.07, 6.45) is 4.34. The molecule has 1 aromatic heterocycles. The number of imidazole rings is 1. The van der Waals surface area contributed by atoms with Crippen LogP contribution >= 0.6 is 0 Å². The Labute approximate surface area is 64.8 Å². The van der Waals surface area contributed by atoms with Gasteiger partial charge < -0.3 is 15.5 Å². The van der Waals surface area contributed by atoms with Crippen LogP contribution in [-0.2, 0) is 10.3 Å². The van der Waals surface area contributed by atoms with Crippen LogP contribution in [-0.4, -0.2) is 23.2 Å². The van der Waals surface area contributed by atoms with E-state index in [1.165, 1.54) is 0 Å². The average molecular weight is 153 g/mol. The molecule has 1 unspecified atom stereocenters. The average Bonchev–Trinajstić information content (AvgIpc) is 2.55. The van der Waals surface area contributed by atoms with E-state index in [0.717, 1.165) is 18.9 Å². The molecular weight excluding hydrogens is 142 g/mol. The number of hydrogen-bond donors (Lipinski definition) is 2. The maximum atomic E-state index is 6.01. The first-order chi connectivity index (χ1) is 5.31. The van der Waals surface area contributed by atoms with Crippen molar-refractivity contribution in [2.75, 3.05) is 13.2 Å². The van der Waals surface area contributed by atoms with Gasteiger partial charge in [0.15, 0.2) is 0 Å². The summed E-state index contributed by atoms with van der Waals surface area (Å²) in [5, 5.41) is 0. The molecule has 4 nitrogen and oxygen atoms in total. The third-order valence-electron chi connectivity index (χ3n) is 2.02. The summed E-state index contributed by atoms with van der Waals surface area (Å²) in [5.41, 5.74) is 5.63. The van der Waals surface area contributed by atoms with Gasteiger partial charge in [0.05, 0.1) is 6.61 Å². The van der Waals surface area contributed by atoms with Gasteiger partial charge in [-0.15, -0.1) is 0 Å². The van der Waals surface area contributed by atoms with E-state index in [9.17, 15) is 0 Å². The van der Waals surface area contributed by atoms with E-state index in [-0.39, 0.29) is 5.54 Å². The third-order valence-corrected chi connectivity index (χ3v) is 2.02. The summed E-state index contributed by atoms with van der Waals surface area (Å²) in [5.74, 6) is 0.829. The van der Waals surface area contributed by atoms with Crippen molar-refractivity contribution in [1.82, 2.24) is 9.97 Å². The van der Waals surface area contributed by atoms with Gasteiger partial charge in [-0.2, -0.15) is 0 Å². The van der Waals surface area contributed by atoms with Gasteiger partial charge in [0.25, 0.3) is 0 Å². The summed E-state index contributed by atoms with van der Waals surface area (Å²) in [7, 11) is 0. The largest absolute Gasteiger partial charge is 0.379 e. The Morgan fingerprint density at radius 1 is 1.73 bits per heavy atom. The highest BCUT2D eigenvalue weighted by Gasteiger charge is 2.34. The van der Waals surface area contributed by atoms with Crippen molar-refractivity contribution < 1.29 is 4.74 Å². The lowest BCUT2D eigenvalue weighted by Crippen LogP contribution is -2.38. The highest BCUT2D eigenvalue weighted by atomic mass is 16.5. The smallest absolute Gasteiger partial charge is 0.128 e. The molecule has 2 rings (SSSR count). The maximum Gasteiger partial charge on any atom is 0.128 e. The van der Waals surface area contributed by atoms with Crippen molar-refractivity contribution in [1.29, 1.82) is 0 Å². The lowest BCUT2D eigenvalue weighted by Gasteiger charge is -2.17. The standard InChI is InChI=1S/C7H11N3O/c8-7(1-4-11-5-7)6-9-2-3-10-6/h2-3H,1,4-5,8H2,(H,9,10). The topological polar surface area (TPSA) is 63.9 Å². The van der Waals surface area contributed by atoms with Crippen molar-refractivity contribution in [3.63, 3.8) is 0 Å². The number of H-pyrrole nitrogens is 1. The minimum Gasteiger partial charge on any atom is -0.379 e. The molecule has 0 amide bonds. The molecule has 0 saturated carbocycles. The first-order valence-electron chi connectivity index (χ1n) is 3.68. The number of rotatable bonds is 1. The van der Waals surface area contributed by atoms with Gasteiger partial charge >= 0.3 is 0 Å². The van der Waals surface area contributed by atoms with Gasteiger partial charge in [-0.3, -0.25) is 0 Å². The second kappa shape index (κ2) is 2.32. The Morgan fingerprint density at radius 3 is 3.18 bits per heavy atom. The highest BCUT2D eigenvalue weighted by Crippen LogP contribution is 2.23. The minimum atomic E-state index is -0.372. The van der Waals surface area contributed by atoms with Crippen molar-refractivity contribution in [2.45, 2.75) is 12.0 Å². The van der Waals surface area contributed by atoms with Crippen LogP contribution in [0.25, 0.3) is 0 Å². The van der Waals surface area contributed by atoms with E-state index in [1.807, 2.05) is 0 Å². The van der Waals surface area contributed by atoms with Gasteiger partial charge in [0, 0.05) is 19.0 Å². The highest BCUT2D eigenvalue weighted by molar-refractivity contribution is 5.07. The van der Waals surface area contributed by atoms with Crippen molar-refractivity contribution in [2.24, 2.45) is 5.73 Å². The van der Waals surface area contributed by atoms with Crippen LogP contribution in [0.2, 0.25) is 0 Å². The molecule has 1 atom stereocenters. The Bertz CT molecular complexity index is 226. The van der Waals surface area contributed by atoms with Crippen LogP contribution in [0.1, 0.15) is 12.2 Å². The molecule has 0 aliphatic carbocycles. The minimum absolute atomic E-state index is 0.372. The zero-order valence-electron chi connectivity index (χ0n) is 6.21. The molecule has 1 aromatic rings. The number of nitrogens with zero attached hydrogens (tertiary/aromatic N) is 1. The SMILES string of the molecule is NC1(c2ncc[nH]2)CCOC1. The summed E-state index contributed by atoms with van der Waals surface area (Å²) >= 11 is 0. The van der Waals surface area contributed by atoms with Crippen LogP contribution in [0.4, 0.5) is 0 Å². The zero-order chi connectivity index (χ0) is 7.73. The third kappa shape index (κ3) is 1.04. The predicted octanol–water partition coefficient (Wildman–Crippen LogP) is -0.0160. The molecule has 0 bridgehead atoms. The molecule has 1 fully saturated rings. The molecule has 2 heterocycles. The summed E-state index contributed by atoms with van der Waals surface area (Å²) in [4.78, 5) is 7.11. The number of aromatic amines is 1. The van der Waals surface area contributed by atoms with E-state index >= 15 is 0 Å². The van der Waals surface area contributed by atoms with E-state index in [1.54, 1.807) is 12.4 Å². The van der Waals surface area contributed by atoms with Crippen LogP contribution in [0.15, 0.2) is 12.4 Å². The first-order valence-corrected chi connectivity index (χ1v) is 3.68. The van der Waals surface area contributed by atoms with Crippen molar-refractivity contribution in [3.05, 3.63) is 18.2 Å². The fourth-order valence-electron chi connectivity index (χ4n) is 1.31. The Kier molecular flexibility index (Phi) is 1.44. The summed E-state index contributed by atoms with van der Waals surface area (Å²) in [6.45, 7) is 1.30. The Morgan fingerprint density at radius 2 is 2.64 bits per heavy atom. The fraction of sp³-hybridized carbons (Fsp3) is 0.571. The van der Waals surface area contributed by atoms with Crippen LogP contribution in [0.5, 0.6) is 0 Å². The molecule has 60 valence electrons. The van der Waals surface area contributed by atoms with Crippen molar-refractivity contribution in [3.8, 4) is 0 Å². The molecule has 4 heteroatoms. The maximum absolute atomic E-state index is 6.01. The molecule has 0 aromatic carbocycles. The van der Waals surface area contributed by atoms with Gasteiger partial charge in [-0.05, 0) is 6.42 Å². The van der Waals surface area contributed by atoms with Crippen LogP contribution < -0.4 is 5.73 Å². The second-order valence-electron chi connectivity index (χ2n) is 2.90. The first kappa shape index (κ1) is 6.82. The van der Waals surface area contributed by atoms with Crippen molar-refractivity contribution >= 4 is 0 Å². The van der Waals surface area contributed by atoms with Crippen LogP contribution in [0, 0.1) is 0 Å². The van der Waals surface area contributed by atoms with Gasteiger partial charge in [0.2, 0.25) is 0 Å². The van der Waals surface area contributed by atoms with Crippen LogP contribution in [0.3, 0.4) is 0 Å². The number of nitrogens with one attached hydrogen (secondary N) is 1.